The maximum Gasteiger partial charge on any atom is 0.251 e. The highest BCUT2D eigenvalue weighted by Crippen LogP contribution is 2.22. The molecule has 0 aromatic heterocycles. The number of rotatable bonds is 8. The Morgan fingerprint density at radius 2 is 1.90 bits per heavy atom. The van der Waals surface area contributed by atoms with Crippen molar-refractivity contribution in [2.45, 2.75) is 32.2 Å². The third-order valence-electron chi connectivity index (χ3n) is 6.37. The molecule has 31 heavy (non-hydrogen) atoms. The van der Waals surface area contributed by atoms with Crippen LogP contribution in [0.15, 0.2) is 18.2 Å². The molecule has 2 saturated heterocycles. The van der Waals surface area contributed by atoms with Gasteiger partial charge in [-0.25, -0.2) is 4.39 Å². The van der Waals surface area contributed by atoms with Crippen molar-refractivity contribution in [1.29, 1.82) is 0 Å². The van der Waals surface area contributed by atoms with Gasteiger partial charge in [-0.05, 0) is 50.6 Å². The predicted octanol–water partition coefficient (Wildman–Crippen LogP) is 1.64. The number of nitrogens with zero attached hydrogens (tertiary/aromatic N) is 4. The molecule has 0 radical (unpaired) electrons. The van der Waals surface area contributed by atoms with Crippen LogP contribution in [0, 0.1) is 5.82 Å². The quantitative estimate of drug-likeness (QED) is 0.632. The molecule has 8 heteroatoms. The number of likely N-dealkylation sites (tertiary alicyclic amines) is 1. The summed E-state index contributed by atoms with van der Waals surface area (Å²) in [4.78, 5) is 32.9. The first kappa shape index (κ1) is 23.5. The van der Waals surface area contributed by atoms with Crippen LogP contribution < -0.4 is 10.2 Å². The van der Waals surface area contributed by atoms with Crippen molar-refractivity contribution < 1.29 is 14.0 Å². The summed E-state index contributed by atoms with van der Waals surface area (Å²) in [5.41, 5.74) is 0.910. The molecule has 0 aliphatic carbocycles. The molecular formula is C23H36FN5O2. The molecule has 7 nitrogen and oxygen atoms in total. The minimum absolute atomic E-state index is 0.0495. The lowest BCUT2D eigenvalue weighted by Crippen LogP contribution is -2.46. The molecule has 1 atom stereocenters. The molecule has 2 aliphatic rings. The number of nitrogens with one attached hydrogen (secondary N) is 1. The Bertz CT molecular complexity index is 764. The van der Waals surface area contributed by atoms with E-state index in [-0.39, 0.29) is 23.7 Å². The first-order valence-corrected chi connectivity index (χ1v) is 11.4. The van der Waals surface area contributed by atoms with Crippen LogP contribution in [0.3, 0.4) is 0 Å². The number of piperazine rings is 1. The monoisotopic (exact) mass is 433 g/mol. The average Bonchev–Trinajstić information content (AvgIpc) is 3.24. The minimum Gasteiger partial charge on any atom is -0.367 e. The van der Waals surface area contributed by atoms with Crippen LogP contribution >= 0.6 is 0 Å². The fraction of sp³-hybridized carbons (Fsp3) is 0.652. The van der Waals surface area contributed by atoms with Crippen molar-refractivity contribution in [2.75, 3.05) is 71.4 Å². The predicted molar refractivity (Wildman–Crippen MR) is 121 cm³/mol. The molecule has 2 amide bonds. The zero-order valence-electron chi connectivity index (χ0n) is 19.1. The number of halogens is 1. The van der Waals surface area contributed by atoms with Crippen molar-refractivity contribution in [3.63, 3.8) is 0 Å². The van der Waals surface area contributed by atoms with E-state index in [0.29, 0.717) is 17.8 Å². The number of anilines is 1. The van der Waals surface area contributed by atoms with Crippen molar-refractivity contribution in [3.8, 4) is 0 Å². The van der Waals surface area contributed by atoms with Gasteiger partial charge in [-0.3, -0.25) is 14.5 Å². The van der Waals surface area contributed by atoms with Gasteiger partial charge in [0.2, 0.25) is 5.91 Å². The van der Waals surface area contributed by atoms with Gasteiger partial charge < -0.3 is 20.0 Å². The summed E-state index contributed by atoms with van der Waals surface area (Å²) in [6.45, 7) is 8.77. The SMILES string of the molecule is CCN1CCN(c2ccc(C(=O)NCCCN3CCCC3C(=O)N(C)C)cc2F)CC1. The van der Waals surface area contributed by atoms with Gasteiger partial charge in [0.05, 0.1) is 11.7 Å². The summed E-state index contributed by atoms with van der Waals surface area (Å²) >= 11 is 0. The third kappa shape index (κ3) is 5.95. The van der Waals surface area contributed by atoms with E-state index >= 15 is 0 Å². The third-order valence-corrected chi connectivity index (χ3v) is 6.37. The van der Waals surface area contributed by atoms with Crippen LogP contribution in [-0.4, -0.2) is 99.0 Å². The van der Waals surface area contributed by atoms with E-state index < -0.39 is 0 Å². The van der Waals surface area contributed by atoms with E-state index in [0.717, 1.165) is 65.1 Å². The summed E-state index contributed by atoms with van der Waals surface area (Å²) in [7, 11) is 3.57. The van der Waals surface area contributed by atoms with Crippen LogP contribution in [0.4, 0.5) is 10.1 Å². The number of carbonyl (C=O) groups is 2. The highest BCUT2D eigenvalue weighted by atomic mass is 19.1. The minimum atomic E-state index is -0.347. The van der Waals surface area contributed by atoms with E-state index in [9.17, 15) is 14.0 Å². The van der Waals surface area contributed by atoms with Gasteiger partial charge in [0.25, 0.3) is 5.91 Å². The number of amides is 2. The lowest BCUT2D eigenvalue weighted by molar-refractivity contribution is -0.133. The van der Waals surface area contributed by atoms with E-state index in [1.807, 2.05) is 4.90 Å². The van der Waals surface area contributed by atoms with Gasteiger partial charge in [-0.15, -0.1) is 0 Å². The van der Waals surface area contributed by atoms with Gasteiger partial charge in [0, 0.05) is 58.9 Å². The largest absolute Gasteiger partial charge is 0.367 e. The van der Waals surface area contributed by atoms with Crippen molar-refractivity contribution in [3.05, 3.63) is 29.6 Å². The van der Waals surface area contributed by atoms with Crippen LogP contribution in [0.2, 0.25) is 0 Å². The average molecular weight is 434 g/mol. The van der Waals surface area contributed by atoms with Gasteiger partial charge in [0.1, 0.15) is 5.82 Å². The van der Waals surface area contributed by atoms with Crippen molar-refractivity contribution in [2.24, 2.45) is 0 Å². The standard InChI is InChI=1S/C23H36FN5O2/c1-4-27-13-15-29(16-14-27)20-9-8-18(17-19(20)24)22(30)25-10-6-12-28-11-5-7-21(28)23(31)26(2)3/h8-9,17,21H,4-7,10-16H2,1-3H3,(H,25,30). The Morgan fingerprint density at radius 1 is 1.16 bits per heavy atom. The van der Waals surface area contributed by atoms with Gasteiger partial charge in [-0.1, -0.05) is 6.92 Å². The second kappa shape index (κ2) is 10.9. The van der Waals surface area contributed by atoms with Gasteiger partial charge in [0.15, 0.2) is 0 Å². The first-order valence-electron chi connectivity index (χ1n) is 11.4. The lowest BCUT2D eigenvalue weighted by atomic mass is 10.1. The zero-order chi connectivity index (χ0) is 22.4. The Labute approximate surface area is 185 Å². The molecule has 0 saturated carbocycles. The number of likely N-dealkylation sites (N-methyl/N-ethyl adjacent to an activating group) is 2. The highest BCUT2D eigenvalue weighted by molar-refractivity contribution is 5.94. The Kier molecular flexibility index (Phi) is 8.26. The number of hydrogen-bond donors (Lipinski definition) is 1. The number of hydrogen-bond acceptors (Lipinski definition) is 5. The molecule has 2 heterocycles. The summed E-state index contributed by atoms with van der Waals surface area (Å²) < 4.78 is 14.7. The summed E-state index contributed by atoms with van der Waals surface area (Å²) in [5, 5.41) is 2.88. The zero-order valence-corrected chi connectivity index (χ0v) is 19.1. The van der Waals surface area contributed by atoms with Crippen LogP contribution in [0.25, 0.3) is 0 Å². The number of benzene rings is 1. The molecule has 0 spiro atoms. The Hall–Kier alpha value is -2.19. The topological polar surface area (TPSA) is 59.1 Å². The molecule has 1 aromatic rings. The summed E-state index contributed by atoms with van der Waals surface area (Å²) in [5.74, 6) is -0.462. The first-order chi connectivity index (χ1) is 14.9. The van der Waals surface area contributed by atoms with Crippen LogP contribution in [0.5, 0.6) is 0 Å². The van der Waals surface area contributed by atoms with E-state index in [1.54, 1.807) is 31.1 Å². The smallest absolute Gasteiger partial charge is 0.251 e. The maximum absolute atomic E-state index is 14.7. The van der Waals surface area contributed by atoms with Gasteiger partial charge >= 0.3 is 0 Å². The molecule has 0 bridgehead atoms. The Balaban J connectivity index is 1.45. The molecule has 1 aromatic carbocycles. The molecule has 2 aliphatic heterocycles. The second-order valence-corrected chi connectivity index (χ2v) is 8.62. The van der Waals surface area contributed by atoms with E-state index in [4.69, 9.17) is 0 Å². The lowest BCUT2D eigenvalue weighted by Gasteiger charge is -2.35. The fourth-order valence-corrected chi connectivity index (χ4v) is 4.47. The molecular weight excluding hydrogens is 397 g/mol. The fourth-order valence-electron chi connectivity index (χ4n) is 4.47. The normalized spacial score (nSPS) is 20.1. The molecule has 172 valence electrons. The van der Waals surface area contributed by atoms with E-state index in [1.165, 1.54) is 6.07 Å². The maximum atomic E-state index is 14.7. The highest BCUT2D eigenvalue weighted by Gasteiger charge is 2.31. The number of carbonyl (C=O) groups excluding carboxylic acids is 2. The van der Waals surface area contributed by atoms with E-state index in [2.05, 4.69) is 22.0 Å². The van der Waals surface area contributed by atoms with Crippen LogP contribution in [0.1, 0.15) is 36.5 Å². The molecule has 2 fully saturated rings. The van der Waals surface area contributed by atoms with Crippen molar-refractivity contribution >= 4 is 17.5 Å². The molecule has 3 rings (SSSR count). The summed E-state index contributed by atoms with van der Waals surface area (Å²) in [6.07, 6.45) is 2.67. The molecule has 1 N–H and O–H groups in total. The molecule has 1 unspecified atom stereocenters. The van der Waals surface area contributed by atoms with Gasteiger partial charge in [-0.2, -0.15) is 0 Å². The van der Waals surface area contributed by atoms with Crippen molar-refractivity contribution in [1.82, 2.24) is 20.0 Å². The van der Waals surface area contributed by atoms with Crippen LogP contribution in [-0.2, 0) is 4.79 Å². The second-order valence-electron chi connectivity index (χ2n) is 8.62. The Morgan fingerprint density at radius 3 is 2.55 bits per heavy atom. The summed E-state index contributed by atoms with van der Waals surface area (Å²) in [6, 6.07) is 4.70.